The van der Waals surface area contributed by atoms with Crippen molar-refractivity contribution in [3.63, 3.8) is 0 Å². The molecule has 7 fully saturated rings. The molecule has 3 aliphatic heterocycles. The molecule has 4 aliphatic carbocycles. The summed E-state index contributed by atoms with van der Waals surface area (Å²) in [7, 11) is -4.07. The highest BCUT2D eigenvalue weighted by molar-refractivity contribution is 7.89. The van der Waals surface area contributed by atoms with Gasteiger partial charge in [-0.2, -0.15) is 4.31 Å². The molecule has 248 valence electrons. The van der Waals surface area contributed by atoms with Gasteiger partial charge in [0.25, 0.3) is 5.69 Å². The number of carbonyl (C=O) groups excluding carboxylic acids is 3. The van der Waals surface area contributed by atoms with E-state index < -0.39 is 84.6 Å². The molecule has 0 amide bonds. The van der Waals surface area contributed by atoms with Crippen molar-refractivity contribution < 1.29 is 47.4 Å². The summed E-state index contributed by atoms with van der Waals surface area (Å²) in [5.41, 5.74) is -3.87. The second-order valence-corrected chi connectivity index (χ2v) is 16.5. The number of sulfonamides is 1. The number of nitro benzene ring substituents is 1. The van der Waals surface area contributed by atoms with Gasteiger partial charge in [0, 0.05) is 43.5 Å². The minimum Gasteiger partial charge on any atom is -0.460 e. The molecular weight excluding hydrogens is 620 g/mol. The second-order valence-electron chi connectivity index (χ2n) is 14.6. The Labute approximate surface area is 266 Å². The first-order chi connectivity index (χ1) is 21.5. The number of hydrogen-bond acceptors (Lipinski definition) is 11. The molecule has 3 saturated heterocycles. The Morgan fingerprint density at radius 1 is 1.17 bits per heavy atom. The maximum atomic E-state index is 14.3. The highest BCUT2D eigenvalue weighted by Crippen LogP contribution is 2.76. The highest BCUT2D eigenvalue weighted by Gasteiger charge is 2.88. The van der Waals surface area contributed by atoms with Crippen LogP contribution in [0.5, 0.6) is 0 Å². The molecule has 3 heterocycles. The average Bonchev–Trinajstić information content (AvgIpc) is 3.13. The van der Waals surface area contributed by atoms with Gasteiger partial charge in [-0.25, -0.2) is 8.42 Å². The molecule has 2 N–H and O–H groups in total. The van der Waals surface area contributed by atoms with Gasteiger partial charge in [-0.3, -0.25) is 24.5 Å². The van der Waals surface area contributed by atoms with Crippen LogP contribution in [-0.2, 0) is 33.9 Å². The lowest BCUT2D eigenvalue weighted by atomic mass is 9.36. The van der Waals surface area contributed by atoms with Crippen molar-refractivity contribution in [3.8, 4) is 0 Å². The molecule has 4 saturated carbocycles. The summed E-state index contributed by atoms with van der Waals surface area (Å²) in [5, 5.41) is 35.4. The summed E-state index contributed by atoms with van der Waals surface area (Å²) in [4.78, 5) is 52.3. The Kier molecular flexibility index (Phi) is 6.85. The summed E-state index contributed by atoms with van der Waals surface area (Å²) >= 11 is 0. The zero-order valence-corrected chi connectivity index (χ0v) is 26.5. The number of carbonyl (C=O) groups is 3. The van der Waals surface area contributed by atoms with Crippen LogP contribution >= 0.6 is 0 Å². The average molecular weight is 659 g/mol. The molecule has 1 aromatic rings. The number of ether oxygens (including phenoxy) is 2. The van der Waals surface area contributed by atoms with Crippen LogP contribution in [0.4, 0.5) is 5.69 Å². The molecule has 0 aromatic heterocycles. The van der Waals surface area contributed by atoms with Crippen molar-refractivity contribution in [2.45, 2.75) is 75.3 Å². The van der Waals surface area contributed by atoms with Crippen molar-refractivity contribution in [3.05, 3.63) is 46.5 Å². The van der Waals surface area contributed by atoms with Crippen LogP contribution in [0, 0.1) is 50.0 Å². The smallest absolute Gasteiger partial charge is 0.309 e. The maximum Gasteiger partial charge on any atom is 0.309 e. The number of piperidine rings is 1. The van der Waals surface area contributed by atoms with Gasteiger partial charge >= 0.3 is 5.97 Å². The van der Waals surface area contributed by atoms with E-state index in [0.717, 1.165) is 6.07 Å². The third-order valence-corrected chi connectivity index (χ3v) is 14.2. The van der Waals surface area contributed by atoms with E-state index >= 15 is 0 Å². The van der Waals surface area contributed by atoms with Crippen LogP contribution in [-0.4, -0.2) is 83.1 Å². The van der Waals surface area contributed by atoms with E-state index in [2.05, 4.69) is 6.58 Å². The molecule has 0 radical (unpaired) electrons. The molecule has 8 atom stereocenters. The molecule has 14 heteroatoms. The Morgan fingerprint density at radius 3 is 2.54 bits per heavy atom. The minimum absolute atomic E-state index is 0.0432. The summed E-state index contributed by atoms with van der Waals surface area (Å²) in [6.07, 6.45) is -1.06. The Balaban J connectivity index is 1.17. The molecular formula is C32H38N2O11S. The minimum atomic E-state index is -4.07. The van der Waals surface area contributed by atoms with Crippen LogP contribution in [0.3, 0.4) is 0 Å². The van der Waals surface area contributed by atoms with Crippen molar-refractivity contribution in [1.29, 1.82) is 0 Å². The molecule has 8 rings (SSSR count). The van der Waals surface area contributed by atoms with Crippen LogP contribution in [0.25, 0.3) is 0 Å². The van der Waals surface area contributed by atoms with Gasteiger partial charge in [0.15, 0.2) is 5.78 Å². The first kappa shape index (κ1) is 31.6. The number of aliphatic hydroxyl groups is 2. The van der Waals surface area contributed by atoms with Crippen LogP contribution in [0.1, 0.15) is 52.4 Å². The topological polar surface area (TPSA) is 191 Å². The van der Waals surface area contributed by atoms with E-state index in [1.54, 1.807) is 0 Å². The van der Waals surface area contributed by atoms with E-state index in [-0.39, 0.29) is 60.9 Å². The fourth-order valence-electron chi connectivity index (χ4n) is 10.2. The van der Waals surface area contributed by atoms with Gasteiger partial charge in [-0.05, 0) is 55.1 Å². The zero-order chi connectivity index (χ0) is 33.2. The lowest BCUT2D eigenvalue weighted by molar-refractivity contribution is -0.437. The predicted molar refractivity (Wildman–Crippen MR) is 158 cm³/mol. The number of fused-ring (bicyclic) bond motifs is 2. The molecule has 13 nitrogen and oxygen atoms in total. The number of benzene rings is 1. The van der Waals surface area contributed by atoms with E-state index in [4.69, 9.17) is 9.47 Å². The van der Waals surface area contributed by atoms with E-state index in [9.17, 15) is 43.1 Å². The van der Waals surface area contributed by atoms with Crippen LogP contribution < -0.4 is 0 Å². The summed E-state index contributed by atoms with van der Waals surface area (Å²) in [6.45, 7) is 7.70. The molecule has 1 unspecified atom stereocenters. The fraction of sp³-hybridized carbons (Fsp3) is 0.656. The van der Waals surface area contributed by atoms with Gasteiger partial charge in [0.1, 0.15) is 23.4 Å². The van der Waals surface area contributed by atoms with Gasteiger partial charge in [-0.15, -0.1) is 0 Å². The maximum absolute atomic E-state index is 14.3. The normalized spacial score (nSPS) is 40.3. The second kappa shape index (κ2) is 9.99. The van der Waals surface area contributed by atoms with Gasteiger partial charge in [0.05, 0.1) is 27.8 Å². The van der Waals surface area contributed by atoms with Crippen molar-refractivity contribution in [2.75, 3.05) is 19.7 Å². The molecule has 7 aliphatic rings. The van der Waals surface area contributed by atoms with E-state index in [1.807, 2.05) is 13.8 Å². The fourth-order valence-corrected chi connectivity index (χ4v) is 11.7. The number of Topliss-reactive ketones (excluding diaryl/α,β-unsaturated/α-hetero) is 2. The number of non-ortho nitro benzene ring substituents is 1. The zero-order valence-electron chi connectivity index (χ0n) is 25.7. The summed E-state index contributed by atoms with van der Waals surface area (Å²) < 4.78 is 39.8. The third-order valence-electron chi connectivity index (χ3n) is 12.3. The number of hydrogen-bond donors (Lipinski definition) is 2. The van der Waals surface area contributed by atoms with Gasteiger partial charge in [-0.1, -0.05) is 26.5 Å². The Hall–Kier alpha value is -3.04. The molecule has 46 heavy (non-hydrogen) atoms. The van der Waals surface area contributed by atoms with E-state index in [1.165, 1.54) is 22.5 Å². The first-order valence-corrected chi connectivity index (χ1v) is 17.3. The summed E-state index contributed by atoms with van der Waals surface area (Å²) in [6, 6.07) is 4.77. The van der Waals surface area contributed by atoms with Crippen LogP contribution in [0.2, 0.25) is 0 Å². The Morgan fingerprint density at radius 2 is 1.87 bits per heavy atom. The van der Waals surface area contributed by atoms with Crippen molar-refractivity contribution in [2.24, 2.45) is 39.9 Å². The van der Waals surface area contributed by atoms with Gasteiger partial charge < -0.3 is 19.7 Å². The monoisotopic (exact) mass is 658 g/mol. The number of aliphatic hydroxyl groups excluding tert-OH is 1. The number of ketones is 2. The van der Waals surface area contributed by atoms with Gasteiger partial charge in [0.2, 0.25) is 15.8 Å². The van der Waals surface area contributed by atoms with Crippen molar-refractivity contribution in [1.82, 2.24) is 4.31 Å². The Bertz CT molecular complexity index is 1680. The number of nitro groups is 1. The van der Waals surface area contributed by atoms with E-state index in [0.29, 0.717) is 19.3 Å². The first-order valence-electron chi connectivity index (χ1n) is 15.8. The quantitative estimate of drug-likeness (QED) is 0.204. The lowest BCUT2D eigenvalue weighted by Gasteiger charge is -2.73. The number of esters is 1. The molecule has 4 bridgehead atoms. The standard InChI is InChI=1S/C32H38N2O11S/c1-17-21-7-8-22-30-16-44-32(39,26(37)24(30)29(2,3)12-9-23(30)35)31(22,25(17)36)27(21)45-28(38)18-10-13-33(14-11-18)46(42,43)20-6-4-5-19(15-20)34(40)41/h4-6,15,18,21-22,24,26-27,37,39H,1,7-14,16H2,2-3H3/t21-,22-,24+,26-,27+,30+,31-,32?/m0/s1. The summed E-state index contributed by atoms with van der Waals surface area (Å²) in [5.74, 6) is -6.52. The predicted octanol–water partition coefficient (Wildman–Crippen LogP) is 2.14. The highest BCUT2D eigenvalue weighted by atomic mass is 32.2. The molecule has 1 aromatic carbocycles. The molecule has 2 spiro atoms. The van der Waals surface area contributed by atoms with Crippen molar-refractivity contribution >= 4 is 33.2 Å². The largest absolute Gasteiger partial charge is 0.460 e. The number of rotatable bonds is 5. The lowest BCUT2D eigenvalue weighted by Crippen LogP contribution is -2.85. The third kappa shape index (κ3) is 3.76. The SMILES string of the molecule is C=C1C(=O)[C@]23[C@H](OC(=O)C4CCN(S(=O)(=O)c5cccc([N+](=O)[O-])c5)CC4)[C@H]1CC[C@H]2[C@@]12COC3(O)[C@@H](O)[C@@H]1C(C)(C)CCC2=O. The van der Waals surface area contributed by atoms with Crippen LogP contribution in [0.15, 0.2) is 41.3 Å². The number of nitrogens with zero attached hydrogens (tertiary/aromatic N) is 2.